The molecule has 37 heavy (non-hydrogen) atoms. The van der Waals surface area contributed by atoms with Crippen molar-refractivity contribution in [3.8, 4) is 0 Å². The van der Waals surface area contributed by atoms with E-state index in [-0.39, 0.29) is 12.0 Å². The van der Waals surface area contributed by atoms with Gasteiger partial charge < -0.3 is 30.7 Å². The van der Waals surface area contributed by atoms with Crippen LogP contribution >= 0.6 is 0 Å². The third kappa shape index (κ3) is 7.00. The summed E-state index contributed by atoms with van der Waals surface area (Å²) in [5.74, 6) is 1.15. The molecule has 4 rings (SSSR count). The van der Waals surface area contributed by atoms with Crippen LogP contribution in [0.1, 0.15) is 50.5 Å². The second-order valence-corrected chi connectivity index (χ2v) is 10.5. The lowest BCUT2D eigenvalue weighted by molar-refractivity contribution is -0.128. The highest BCUT2D eigenvalue weighted by Crippen LogP contribution is 2.41. The summed E-state index contributed by atoms with van der Waals surface area (Å²) in [5, 5.41) is 7.18. The van der Waals surface area contributed by atoms with Crippen LogP contribution in [-0.4, -0.2) is 75.3 Å². The number of ether oxygens (including phenoxy) is 2. The fourth-order valence-electron chi connectivity index (χ4n) is 5.67. The number of nitrogens with two attached hydrogens (primary N) is 1. The molecule has 0 aromatic heterocycles. The van der Waals surface area contributed by atoms with E-state index in [0.29, 0.717) is 49.3 Å². The zero-order valence-electron chi connectivity index (χ0n) is 22.3. The Hall–Kier alpha value is -2.68. The number of methoxy groups -OCH3 is 1. The molecule has 0 radical (unpaired) electrons. The van der Waals surface area contributed by atoms with Crippen LogP contribution in [0.3, 0.4) is 0 Å². The van der Waals surface area contributed by atoms with E-state index in [0.717, 1.165) is 43.7 Å². The minimum absolute atomic E-state index is 0.0761. The van der Waals surface area contributed by atoms with Gasteiger partial charge in [0.2, 0.25) is 0 Å². The largest absolute Gasteiger partial charge is 0.390 e. The van der Waals surface area contributed by atoms with Crippen LogP contribution in [0.15, 0.2) is 58.9 Å². The lowest BCUT2D eigenvalue weighted by Crippen LogP contribution is -2.54. The van der Waals surface area contributed by atoms with Gasteiger partial charge in [0.25, 0.3) is 5.91 Å². The van der Waals surface area contributed by atoms with Gasteiger partial charge >= 0.3 is 0 Å². The predicted octanol–water partition coefficient (Wildman–Crippen LogP) is 2.93. The summed E-state index contributed by atoms with van der Waals surface area (Å²) >= 11 is 0. The van der Waals surface area contributed by atoms with Crippen molar-refractivity contribution in [2.45, 2.75) is 63.1 Å². The maximum absolute atomic E-state index is 13.4. The first-order chi connectivity index (χ1) is 18.0. The quantitative estimate of drug-likeness (QED) is 0.194. The molecule has 0 bridgehead atoms. The molecule has 1 aromatic rings. The Balaban J connectivity index is 1.26. The lowest BCUT2D eigenvalue weighted by Gasteiger charge is -2.38. The standard InChI is InChI=1S/C29H43N5O3/c1-20(21(2)31-17-22-15-24(16-22)23-7-5-4-6-8-23)28(32-19-30)29(35)34-12-9-25(10-13-34)33-26-11-14-37-18-27(26)36-3/h4-8,19,22,24-27,31,33H,2,9-18H2,1,3H3,(H2,30,32)/b28-20-/t22-,24+,26-,27+/m1/s1. The van der Waals surface area contributed by atoms with Crippen LogP contribution in [0.25, 0.3) is 0 Å². The molecule has 1 saturated carbocycles. The van der Waals surface area contributed by atoms with Gasteiger partial charge in [-0.1, -0.05) is 36.9 Å². The first-order valence-electron chi connectivity index (χ1n) is 13.6. The fraction of sp³-hybridized carbons (Fsp3) is 0.586. The number of rotatable bonds is 10. The second-order valence-electron chi connectivity index (χ2n) is 10.5. The highest BCUT2D eigenvalue weighted by molar-refractivity contribution is 5.95. The summed E-state index contributed by atoms with van der Waals surface area (Å²) < 4.78 is 11.1. The second kappa shape index (κ2) is 13.2. The van der Waals surface area contributed by atoms with Crippen LogP contribution in [0.2, 0.25) is 0 Å². The maximum atomic E-state index is 13.4. The van der Waals surface area contributed by atoms with Crippen molar-refractivity contribution in [3.63, 3.8) is 0 Å². The highest BCUT2D eigenvalue weighted by Gasteiger charge is 2.32. The molecule has 1 aromatic carbocycles. The molecule has 3 aliphatic rings. The predicted molar refractivity (Wildman–Crippen MR) is 147 cm³/mol. The Morgan fingerprint density at radius 1 is 1.24 bits per heavy atom. The maximum Gasteiger partial charge on any atom is 0.272 e. The summed E-state index contributed by atoms with van der Waals surface area (Å²) in [6.07, 6.45) is 6.34. The summed E-state index contributed by atoms with van der Waals surface area (Å²) in [5.41, 5.74) is 8.90. The van der Waals surface area contributed by atoms with Crippen LogP contribution in [-0.2, 0) is 14.3 Å². The van der Waals surface area contributed by atoms with Gasteiger partial charge in [-0.2, -0.15) is 0 Å². The van der Waals surface area contributed by atoms with E-state index in [9.17, 15) is 4.79 Å². The molecule has 3 fully saturated rings. The smallest absolute Gasteiger partial charge is 0.272 e. The number of amides is 1. The van der Waals surface area contributed by atoms with E-state index in [1.165, 1.54) is 24.7 Å². The van der Waals surface area contributed by atoms with Crippen LogP contribution in [0.5, 0.6) is 0 Å². The average Bonchev–Trinajstić information content (AvgIpc) is 2.91. The van der Waals surface area contributed by atoms with Gasteiger partial charge in [0.05, 0.1) is 19.0 Å². The number of carbonyl (C=O) groups is 1. The molecule has 1 aliphatic carbocycles. The minimum atomic E-state index is -0.0887. The summed E-state index contributed by atoms with van der Waals surface area (Å²) in [4.78, 5) is 19.5. The lowest BCUT2D eigenvalue weighted by atomic mass is 9.71. The molecular weight excluding hydrogens is 466 g/mol. The van der Waals surface area contributed by atoms with Crippen molar-refractivity contribution < 1.29 is 14.3 Å². The Bertz CT molecular complexity index is 965. The molecule has 8 heteroatoms. The van der Waals surface area contributed by atoms with Crippen molar-refractivity contribution >= 4 is 12.2 Å². The van der Waals surface area contributed by atoms with Crippen LogP contribution < -0.4 is 16.4 Å². The topological polar surface area (TPSA) is 101 Å². The molecule has 2 heterocycles. The molecule has 2 saturated heterocycles. The van der Waals surface area contributed by atoms with Gasteiger partial charge in [0.1, 0.15) is 5.70 Å². The number of nitrogens with zero attached hydrogens (tertiary/aromatic N) is 2. The molecular formula is C29H43N5O3. The number of nitrogens with one attached hydrogen (secondary N) is 2. The third-order valence-corrected chi connectivity index (χ3v) is 8.16. The Morgan fingerprint density at radius 3 is 2.65 bits per heavy atom. The minimum Gasteiger partial charge on any atom is -0.390 e. The number of allylic oxidation sites excluding steroid dienone is 1. The van der Waals surface area contributed by atoms with Gasteiger partial charge in [-0.05, 0) is 56.4 Å². The molecule has 1 amide bonds. The Labute approximate surface area is 221 Å². The van der Waals surface area contributed by atoms with Crippen LogP contribution in [0, 0.1) is 5.92 Å². The number of aliphatic imine (C=N–C) groups is 1. The molecule has 202 valence electrons. The number of carbonyl (C=O) groups excluding carboxylic acids is 1. The van der Waals surface area contributed by atoms with E-state index in [1.807, 2.05) is 11.8 Å². The Kier molecular flexibility index (Phi) is 9.77. The molecule has 8 nitrogen and oxygen atoms in total. The summed E-state index contributed by atoms with van der Waals surface area (Å²) in [6.45, 7) is 9.68. The van der Waals surface area contributed by atoms with E-state index < -0.39 is 0 Å². The number of hydrogen-bond acceptors (Lipinski definition) is 6. The molecule has 2 atom stereocenters. The zero-order valence-corrected chi connectivity index (χ0v) is 22.3. The van der Waals surface area contributed by atoms with E-state index in [1.54, 1.807) is 7.11 Å². The van der Waals surface area contributed by atoms with Gasteiger partial charge in [0.15, 0.2) is 0 Å². The van der Waals surface area contributed by atoms with Crippen molar-refractivity contribution in [3.05, 3.63) is 59.4 Å². The number of benzene rings is 1. The normalized spacial score (nSPS) is 27.5. The van der Waals surface area contributed by atoms with Gasteiger partial charge in [-0.25, -0.2) is 4.99 Å². The zero-order chi connectivity index (χ0) is 26.2. The molecule has 0 spiro atoms. The third-order valence-electron chi connectivity index (χ3n) is 8.16. The van der Waals surface area contributed by atoms with Crippen molar-refractivity contribution in [1.82, 2.24) is 15.5 Å². The number of piperidine rings is 1. The molecule has 0 unspecified atom stereocenters. The number of hydrogen-bond donors (Lipinski definition) is 3. The summed E-state index contributed by atoms with van der Waals surface area (Å²) in [7, 11) is 1.74. The van der Waals surface area contributed by atoms with Crippen molar-refractivity contribution in [2.24, 2.45) is 16.6 Å². The molecule has 2 aliphatic heterocycles. The fourth-order valence-corrected chi connectivity index (χ4v) is 5.67. The first kappa shape index (κ1) is 27.4. The van der Waals surface area contributed by atoms with E-state index >= 15 is 0 Å². The number of likely N-dealkylation sites (tertiary alicyclic amines) is 1. The van der Waals surface area contributed by atoms with Crippen molar-refractivity contribution in [1.29, 1.82) is 0 Å². The highest BCUT2D eigenvalue weighted by atomic mass is 16.5. The van der Waals surface area contributed by atoms with Crippen molar-refractivity contribution in [2.75, 3.05) is 40.0 Å². The SMILES string of the molecule is C=C(NC[C@H]1C[C@@H](c2ccccc2)C1)/C(C)=C(\N=C/N)C(=O)N1CCC(N[C@@H]2CCOC[C@@H]2OC)CC1. The van der Waals surface area contributed by atoms with E-state index in [2.05, 4.69) is 52.5 Å². The first-order valence-corrected chi connectivity index (χ1v) is 13.6. The van der Waals surface area contributed by atoms with Gasteiger partial charge in [-0.15, -0.1) is 0 Å². The van der Waals surface area contributed by atoms with Crippen LogP contribution in [0.4, 0.5) is 0 Å². The molecule has 4 N–H and O–H groups in total. The van der Waals surface area contributed by atoms with E-state index in [4.69, 9.17) is 15.2 Å². The van der Waals surface area contributed by atoms with Gasteiger partial charge in [-0.3, -0.25) is 4.79 Å². The van der Waals surface area contributed by atoms with Gasteiger partial charge in [0, 0.05) is 56.7 Å². The average molecular weight is 510 g/mol. The monoisotopic (exact) mass is 509 g/mol. The summed E-state index contributed by atoms with van der Waals surface area (Å²) in [6, 6.07) is 11.3. The Morgan fingerprint density at radius 2 is 1.97 bits per heavy atom.